The lowest BCUT2D eigenvalue weighted by Gasteiger charge is -2.05. The van der Waals surface area contributed by atoms with Gasteiger partial charge in [-0.15, -0.1) is 5.10 Å². The molecule has 0 spiro atoms. The Kier molecular flexibility index (Phi) is 3.38. The van der Waals surface area contributed by atoms with Crippen molar-refractivity contribution >= 4 is 0 Å². The fourth-order valence-corrected chi connectivity index (χ4v) is 1.46. The van der Waals surface area contributed by atoms with Crippen molar-refractivity contribution in [2.45, 2.75) is 13.1 Å². The van der Waals surface area contributed by atoms with E-state index >= 15 is 0 Å². The van der Waals surface area contributed by atoms with E-state index in [-0.39, 0.29) is 12.1 Å². The second-order valence-electron chi connectivity index (χ2n) is 3.52. The summed E-state index contributed by atoms with van der Waals surface area (Å²) in [6.45, 7) is 0.567. The molecule has 1 aromatic heterocycles. The van der Waals surface area contributed by atoms with Crippen LogP contribution in [0.2, 0.25) is 0 Å². The molecule has 2 aromatic rings. The van der Waals surface area contributed by atoms with Gasteiger partial charge in [0.1, 0.15) is 11.6 Å². The average Bonchev–Trinajstić information content (AvgIpc) is 2.72. The third-order valence-electron chi connectivity index (χ3n) is 2.27. The van der Waals surface area contributed by atoms with Gasteiger partial charge in [0.25, 0.3) is 0 Å². The number of halogens is 2. The maximum Gasteiger partial charge on any atom is 0.165 e. The van der Waals surface area contributed by atoms with E-state index in [1.54, 1.807) is 7.05 Å². The highest BCUT2D eigenvalue weighted by Gasteiger charge is 2.09. The van der Waals surface area contributed by atoms with Crippen LogP contribution in [0.15, 0.2) is 18.2 Å². The van der Waals surface area contributed by atoms with Crippen LogP contribution < -0.4 is 5.32 Å². The van der Waals surface area contributed by atoms with Crippen molar-refractivity contribution in [1.82, 2.24) is 25.5 Å². The van der Waals surface area contributed by atoms with Crippen molar-refractivity contribution in [2.24, 2.45) is 0 Å². The van der Waals surface area contributed by atoms with E-state index in [1.165, 1.54) is 4.68 Å². The fourth-order valence-electron chi connectivity index (χ4n) is 1.46. The van der Waals surface area contributed by atoms with Crippen LogP contribution in [-0.4, -0.2) is 27.3 Å². The van der Waals surface area contributed by atoms with Gasteiger partial charge >= 0.3 is 0 Å². The van der Waals surface area contributed by atoms with Gasteiger partial charge in [0.05, 0.1) is 13.1 Å². The Labute approximate surface area is 96.4 Å². The molecule has 2 rings (SSSR count). The van der Waals surface area contributed by atoms with Gasteiger partial charge in [-0.25, -0.2) is 13.5 Å². The molecule has 5 nitrogen and oxygen atoms in total. The molecule has 0 saturated heterocycles. The van der Waals surface area contributed by atoms with Crippen LogP contribution in [0.5, 0.6) is 0 Å². The van der Waals surface area contributed by atoms with Crippen LogP contribution in [0.1, 0.15) is 11.4 Å². The second kappa shape index (κ2) is 4.96. The first-order chi connectivity index (χ1) is 8.20. The maximum absolute atomic E-state index is 13.4. The molecular weight excluding hydrogens is 228 g/mol. The van der Waals surface area contributed by atoms with E-state index in [4.69, 9.17) is 0 Å². The molecule has 1 heterocycles. The highest BCUT2D eigenvalue weighted by molar-refractivity contribution is 5.19. The molecule has 0 aliphatic heterocycles. The molecule has 0 bridgehead atoms. The highest BCUT2D eigenvalue weighted by atomic mass is 19.1. The highest BCUT2D eigenvalue weighted by Crippen LogP contribution is 2.11. The smallest absolute Gasteiger partial charge is 0.165 e. The van der Waals surface area contributed by atoms with Gasteiger partial charge < -0.3 is 5.32 Å². The molecule has 0 aliphatic rings. The normalized spacial score (nSPS) is 10.8. The van der Waals surface area contributed by atoms with Gasteiger partial charge in [-0.1, -0.05) is 0 Å². The van der Waals surface area contributed by atoms with Crippen molar-refractivity contribution in [3.05, 3.63) is 41.2 Å². The summed E-state index contributed by atoms with van der Waals surface area (Å²) in [5, 5.41) is 13.9. The Morgan fingerprint density at radius 3 is 2.94 bits per heavy atom. The Bertz CT molecular complexity index is 511. The number of hydrogen-bond donors (Lipinski definition) is 1. The first-order valence-corrected chi connectivity index (χ1v) is 5.04. The summed E-state index contributed by atoms with van der Waals surface area (Å²) in [5.74, 6) is -0.391. The predicted molar refractivity (Wildman–Crippen MR) is 56.0 cm³/mol. The number of nitrogens with one attached hydrogen (secondary N) is 1. The van der Waals surface area contributed by atoms with Crippen LogP contribution in [-0.2, 0) is 13.1 Å². The Hall–Kier alpha value is -1.89. The summed E-state index contributed by atoms with van der Waals surface area (Å²) in [4.78, 5) is 0. The minimum atomic E-state index is -0.482. The monoisotopic (exact) mass is 239 g/mol. The zero-order chi connectivity index (χ0) is 12.3. The summed E-state index contributed by atoms with van der Waals surface area (Å²) < 4.78 is 27.8. The molecule has 0 amide bonds. The summed E-state index contributed by atoms with van der Waals surface area (Å²) in [6.07, 6.45) is 0. The predicted octanol–water partition coefficient (Wildman–Crippen LogP) is 0.719. The Morgan fingerprint density at radius 1 is 1.35 bits per heavy atom. The minimum absolute atomic E-state index is 0.105. The molecular formula is C10H11F2N5. The molecule has 0 radical (unpaired) electrons. The summed E-state index contributed by atoms with van der Waals surface area (Å²) in [7, 11) is 1.75. The number of benzene rings is 1. The van der Waals surface area contributed by atoms with E-state index in [1.807, 2.05) is 0 Å². The summed E-state index contributed by atoms with van der Waals surface area (Å²) in [6, 6.07) is 3.31. The van der Waals surface area contributed by atoms with Crippen molar-refractivity contribution in [3.63, 3.8) is 0 Å². The largest absolute Gasteiger partial charge is 0.313 e. The lowest BCUT2D eigenvalue weighted by Crippen LogP contribution is -2.14. The van der Waals surface area contributed by atoms with Crippen molar-refractivity contribution in [1.29, 1.82) is 0 Å². The Balaban J connectivity index is 2.25. The standard InChI is InChI=1S/C10H11F2N5/c1-13-5-10-14-15-16-17(10)6-7-4-8(11)2-3-9(7)12/h2-4,13H,5-6H2,1H3. The summed E-state index contributed by atoms with van der Waals surface area (Å²) in [5.41, 5.74) is 0.217. The molecule has 90 valence electrons. The fraction of sp³-hybridized carbons (Fsp3) is 0.300. The molecule has 0 atom stereocenters. The number of rotatable bonds is 4. The second-order valence-corrected chi connectivity index (χ2v) is 3.52. The van der Waals surface area contributed by atoms with Gasteiger partial charge in [0.2, 0.25) is 0 Å². The van der Waals surface area contributed by atoms with Gasteiger partial charge in [-0.2, -0.15) is 0 Å². The molecule has 0 fully saturated rings. The third-order valence-corrected chi connectivity index (χ3v) is 2.27. The lowest BCUT2D eigenvalue weighted by molar-refractivity contribution is 0.547. The number of tetrazole rings is 1. The van der Waals surface area contributed by atoms with Crippen molar-refractivity contribution in [2.75, 3.05) is 7.05 Å². The van der Waals surface area contributed by atoms with Crippen LogP contribution in [0.25, 0.3) is 0 Å². The van der Waals surface area contributed by atoms with E-state index in [2.05, 4.69) is 20.8 Å². The molecule has 7 heteroatoms. The molecule has 1 aromatic carbocycles. The average molecular weight is 239 g/mol. The molecule has 0 saturated carbocycles. The van der Waals surface area contributed by atoms with Gasteiger partial charge in [-0.3, -0.25) is 0 Å². The molecule has 17 heavy (non-hydrogen) atoms. The van der Waals surface area contributed by atoms with Crippen LogP contribution in [0.4, 0.5) is 8.78 Å². The van der Waals surface area contributed by atoms with E-state index in [9.17, 15) is 8.78 Å². The zero-order valence-corrected chi connectivity index (χ0v) is 9.19. The van der Waals surface area contributed by atoms with Gasteiger partial charge in [0.15, 0.2) is 5.82 Å². The van der Waals surface area contributed by atoms with Crippen molar-refractivity contribution in [3.8, 4) is 0 Å². The quantitative estimate of drug-likeness (QED) is 0.854. The minimum Gasteiger partial charge on any atom is -0.313 e. The first-order valence-electron chi connectivity index (χ1n) is 5.04. The first kappa shape index (κ1) is 11.6. The Morgan fingerprint density at radius 2 is 2.18 bits per heavy atom. The number of hydrogen-bond acceptors (Lipinski definition) is 4. The summed E-state index contributed by atoms with van der Waals surface area (Å²) >= 11 is 0. The van der Waals surface area contributed by atoms with Crippen molar-refractivity contribution < 1.29 is 8.78 Å². The molecule has 0 unspecified atom stereocenters. The van der Waals surface area contributed by atoms with Crippen LogP contribution in [0.3, 0.4) is 0 Å². The third kappa shape index (κ3) is 2.62. The van der Waals surface area contributed by atoms with E-state index in [0.717, 1.165) is 18.2 Å². The maximum atomic E-state index is 13.4. The van der Waals surface area contributed by atoms with E-state index in [0.29, 0.717) is 12.4 Å². The molecule has 1 N–H and O–H groups in total. The molecule has 0 aliphatic carbocycles. The zero-order valence-electron chi connectivity index (χ0n) is 9.19. The number of aromatic nitrogens is 4. The topological polar surface area (TPSA) is 55.6 Å². The number of nitrogens with zero attached hydrogens (tertiary/aromatic N) is 4. The van der Waals surface area contributed by atoms with Gasteiger partial charge in [0, 0.05) is 5.56 Å². The van der Waals surface area contributed by atoms with Crippen LogP contribution in [0, 0.1) is 11.6 Å². The SMILES string of the molecule is CNCc1nnnn1Cc1cc(F)ccc1F. The van der Waals surface area contributed by atoms with Crippen LogP contribution >= 0.6 is 0 Å². The van der Waals surface area contributed by atoms with Gasteiger partial charge in [-0.05, 0) is 35.7 Å². The lowest BCUT2D eigenvalue weighted by atomic mass is 10.2. The van der Waals surface area contributed by atoms with E-state index < -0.39 is 11.6 Å².